The van der Waals surface area contributed by atoms with Crippen molar-refractivity contribution >= 4 is 22.6 Å². The van der Waals surface area contributed by atoms with Crippen LogP contribution in [0.4, 0.5) is 0 Å². The first-order valence-electron chi connectivity index (χ1n) is 8.27. The minimum Gasteiger partial charge on any atom is -0.310 e. The molecule has 0 radical (unpaired) electrons. The average molecular weight is 387 g/mol. The van der Waals surface area contributed by atoms with Gasteiger partial charge in [0.25, 0.3) is 0 Å². The fourth-order valence-corrected chi connectivity index (χ4v) is 3.44. The smallest absolute Gasteiger partial charge is 0.0330 e. The zero-order valence-corrected chi connectivity index (χ0v) is 15.3. The van der Waals surface area contributed by atoms with Gasteiger partial charge >= 0.3 is 0 Å². The van der Waals surface area contributed by atoms with Crippen LogP contribution in [0.1, 0.15) is 76.8 Å². The van der Waals surface area contributed by atoms with Gasteiger partial charge in [-0.05, 0) is 47.2 Å². The first-order valence-corrected chi connectivity index (χ1v) is 9.35. The molecule has 1 atom stereocenters. The van der Waals surface area contributed by atoms with Crippen molar-refractivity contribution in [1.29, 1.82) is 0 Å². The Labute approximate surface area is 139 Å². The zero-order chi connectivity index (χ0) is 14.6. The highest BCUT2D eigenvalue weighted by molar-refractivity contribution is 14.1. The van der Waals surface area contributed by atoms with Crippen molar-refractivity contribution in [3.8, 4) is 0 Å². The average Bonchev–Trinajstić information content (AvgIpc) is 2.46. The van der Waals surface area contributed by atoms with Gasteiger partial charge in [0.2, 0.25) is 0 Å². The molecule has 1 nitrogen and oxygen atoms in total. The summed E-state index contributed by atoms with van der Waals surface area (Å²) in [6, 6.07) is 9.30. The normalized spacial score (nSPS) is 12.6. The van der Waals surface area contributed by atoms with E-state index in [1.54, 1.807) is 0 Å². The van der Waals surface area contributed by atoms with Crippen LogP contribution in [0.5, 0.6) is 0 Å². The Hall–Kier alpha value is -0.0900. The molecule has 1 aromatic carbocycles. The molecule has 0 heterocycles. The van der Waals surface area contributed by atoms with Gasteiger partial charge in [0.1, 0.15) is 0 Å². The van der Waals surface area contributed by atoms with E-state index >= 15 is 0 Å². The van der Waals surface area contributed by atoms with Crippen molar-refractivity contribution < 1.29 is 0 Å². The van der Waals surface area contributed by atoms with E-state index in [-0.39, 0.29) is 0 Å². The molecule has 20 heavy (non-hydrogen) atoms. The number of halogens is 1. The summed E-state index contributed by atoms with van der Waals surface area (Å²) in [5.74, 6) is 0. The topological polar surface area (TPSA) is 12.0 Å². The van der Waals surface area contributed by atoms with Crippen molar-refractivity contribution in [2.75, 3.05) is 6.54 Å². The lowest BCUT2D eigenvalue weighted by Crippen LogP contribution is -2.21. The van der Waals surface area contributed by atoms with Gasteiger partial charge in [0, 0.05) is 9.61 Å². The van der Waals surface area contributed by atoms with E-state index in [2.05, 4.69) is 66.0 Å². The minimum absolute atomic E-state index is 0.531. The molecule has 114 valence electrons. The molecular formula is C18H30IN. The Kier molecular flexibility index (Phi) is 10.4. The van der Waals surface area contributed by atoms with E-state index < -0.39 is 0 Å². The Bertz CT molecular complexity index is 351. The maximum absolute atomic E-state index is 3.65. The van der Waals surface area contributed by atoms with Gasteiger partial charge in [0.05, 0.1) is 0 Å². The lowest BCUT2D eigenvalue weighted by molar-refractivity contribution is 0.474. The van der Waals surface area contributed by atoms with E-state index in [0.29, 0.717) is 6.04 Å². The SMILES string of the molecule is CCCCCCCCCC(NCC)c1ccccc1I. The number of nitrogens with one attached hydrogen (secondary N) is 1. The highest BCUT2D eigenvalue weighted by atomic mass is 127. The predicted molar refractivity (Wildman–Crippen MR) is 98.2 cm³/mol. The van der Waals surface area contributed by atoms with Gasteiger partial charge in [-0.3, -0.25) is 0 Å². The van der Waals surface area contributed by atoms with E-state index in [4.69, 9.17) is 0 Å². The van der Waals surface area contributed by atoms with Crippen LogP contribution in [-0.2, 0) is 0 Å². The van der Waals surface area contributed by atoms with Crippen LogP contribution in [0, 0.1) is 3.57 Å². The number of benzene rings is 1. The number of hydrogen-bond acceptors (Lipinski definition) is 1. The molecule has 0 aliphatic heterocycles. The molecule has 0 saturated carbocycles. The second-order valence-corrected chi connectivity index (χ2v) is 6.70. The van der Waals surface area contributed by atoms with Crippen LogP contribution in [0.15, 0.2) is 24.3 Å². The minimum atomic E-state index is 0.531. The van der Waals surface area contributed by atoms with Crippen molar-refractivity contribution in [3.63, 3.8) is 0 Å². The summed E-state index contributed by atoms with van der Waals surface area (Å²) in [4.78, 5) is 0. The molecule has 0 amide bonds. The lowest BCUT2D eigenvalue weighted by Gasteiger charge is -2.19. The van der Waals surface area contributed by atoms with Crippen LogP contribution in [-0.4, -0.2) is 6.54 Å². The van der Waals surface area contributed by atoms with Crippen LogP contribution < -0.4 is 5.32 Å². The van der Waals surface area contributed by atoms with Gasteiger partial charge in [-0.2, -0.15) is 0 Å². The van der Waals surface area contributed by atoms with Gasteiger partial charge in [-0.15, -0.1) is 0 Å². The molecule has 1 rings (SSSR count). The fraction of sp³-hybridized carbons (Fsp3) is 0.667. The quantitative estimate of drug-likeness (QED) is 0.358. The summed E-state index contributed by atoms with van der Waals surface area (Å²) in [7, 11) is 0. The number of hydrogen-bond donors (Lipinski definition) is 1. The summed E-state index contributed by atoms with van der Waals surface area (Å²) in [5, 5.41) is 3.65. The third kappa shape index (κ3) is 7.07. The molecule has 0 bridgehead atoms. The van der Waals surface area contributed by atoms with Crippen LogP contribution >= 0.6 is 22.6 Å². The van der Waals surface area contributed by atoms with Gasteiger partial charge in [-0.1, -0.05) is 77.0 Å². The summed E-state index contributed by atoms with van der Waals surface area (Å²) in [5.41, 5.74) is 1.47. The zero-order valence-electron chi connectivity index (χ0n) is 13.1. The Morgan fingerprint density at radius 2 is 1.60 bits per heavy atom. The second kappa shape index (κ2) is 11.6. The number of rotatable bonds is 11. The van der Waals surface area contributed by atoms with Crippen molar-refractivity contribution in [1.82, 2.24) is 5.32 Å². The largest absolute Gasteiger partial charge is 0.310 e. The first-order chi connectivity index (χ1) is 9.79. The molecule has 0 fully saturated rings. The van der Waals surface area contributed by atoms with Gasteiger partial charge < -0.3 is 5.32 Å². The Morgan fingerprint density at radius 1 is 0.950 bits per heavy atom. The highest BCUT2D eigenvalue weighted by Gasteiger charge is 2.12. The molecule has 1 N–H and O–H groups in total. The van der Waals surface area contributed by atoms with E-state index in [0.717, 1.165) is 6.54 Å². The molecule has 0 aliphatic carbocycles. The van der Waals surface area contributed by atoms with Crippen LogP contribution in [0.25, 0.3) is 0 Å². The molecule has 1 aromatic rings. The van der Waals surface area contributed by atoms with E-state index in [1.807, 2.05) is 0 Å². The lowest BCUT2D eigenvalue weighted by atomic mass is 9.99. The fourth-order valence-electron chi connectivity index (χ4n) is 2.68. The Balaban J connectivity index is 2.31. The third-order valence-electron chi connectivity index (χ3n) is 3.83. The summed E-state index contributed by atoms with van der Waals surface area (Å²) in [6.45, 7) is 5.53. The van der Waals surface area contributed by atoms with Crippen molar-refractivity contribution in [2.24, 2.45) is 0 Å². The second-order valence-electron chi connectivity index (χ2n) is 5.54. The molecule has 2 heteroatoms. The van der Waals surface area contributed by atoms with Crippen LogP contribution in [0.3, 0.4) is 0 Å². The summed E-state index contributed by atoms with van der Waals surface area (Å²) >= 11 is 2.46. The summed E-state index contributed by atoms with van der Waals surface area (Å²) < 4.78 is 1.39. The maximum Gasteiger partial charge on any atom is 0.0330 e. The first kappa shape index (κ1) is 18.0. The highest BCUT2D eigenvalue weighted by Crippen LogP contribution is 2.24. The maximum atomic E-state index is 3.65. The molecular weight excluding hydrogens is 357 g/mol. The van der Waals surface area contributed by atoms with Crippen LogP contribution in [0.2, 0.25) is 0 Å². The van der Waals surface area contributed by atoms with Crippen molar-refractivity contribution in [2.45, 2.75) is 71.3 Å². The third-order valence-corrected chi connectivity index (χ3v) is 4.81. The standard InChI is InChI=1S/C18H30IN/c1-3-5-6-7-8-9-10-15-18(20-4-2)16-13-11-12-14-17(16)19/h11-14,18,20H,3-10,15H2,1-2H3. The Morgan fingerprint density at radius 3 is 2.25 bits per heavy atom. The van der Waals surface area contributed by atoms with E-state index in [1.165, 1.54) is 60.5 Å². The van der Waals surface area contributed by atoms with Gasteiger partial charge in [0.15, 0.2) is 0 Å². The van der Waals surface area contributed by atoms with E-state index in [9.17, 15) is 0 Å². The van der Waals surface area contributed by atoms with Crippen molar-refractivity contribution in [3.05, 3.63) is 33.4 Å². The molecule has 0 spiro atoms. The molecule has 1 unspecified atom stereocenters. The predicted octanol–water partition coefficient (Wildman–Crippen LogP) is 6.08. The monoisotopic (exact) mass is 387 g/mol. The van der Waals surface area contributed by atoms with Gasteiger partial charge in [-0.25, -0.2) is 0 Å². The molecule has 0 aromatic heterocycles. The molecule has 0 aliphatic rings. The number of unbranched alkanes of at least 4 members (excludes halogenated alkanes) is 6. The summed E-state index contributed by atoms with van der Waals surface area (Å²) in [6.07, 6.45) is 11.0. The molecule has 0 saturated heterocycles.